The van der Waals surface area contributed by atoms with E-state index in [0.29, 0.717) is 12.8 Å². The molecule has 170 valence electrons. The normalized spacial score (nSPS) is 17.7. The van der Waals surface area contributed by atoms with Crippen LogP contribution in [0.3, 0.4) is 0 Å². The van der Waals surface area contributed by atoms with Gasteiger partial charge in [0.15, 0.2) is 0 Å². The molecule has 2 aromatic carbocycles. The molecule has 2 heterocycles. The molecule has 0 saturated carbocycles. The van der Waals surface area contributed by atoms with E-state index in [4.69, 9.17) is 21.5 Å². The molecule has 4 rings (SSSR count). The first-order chi connectivity index (χ1) is 15.2. The van der Waals surface area contributed by atoms with Gasteiger partial charge >= 0.3 is 0 Å². The van der Waals surface area contributed by atoms with Gasteiger partial charge in [0.2, 0.25) is 10.0 Å². The number of nitrogens with zero attached hydrogens (tertiary/aromatic N) is 2. The van der Waals surface area contributed by atoms with E-state index in [1.807, 2.05) is 24.3 Å². The summed E-state index contributed by atoms with van der Waals surface area (Å²) in [6.45, 7) is 2.41. The van der Waals surface area contributed by atoms with Gasteiger partial charge in [-0.05, 0) is 49.1 Å². The summed E-state index contributed by atoms with van der Waals surface area (Å²) in [5.74, 6) is -0.110. The molecule has 2 amide bonds. The Hall–Kier alpha value is -2.46. The summed E-state index contributed by atoms with van der Waals surface area (Å²) >= 11 is 6.01. The van der Waals surface area contributed by atoms with E-state index in [1.165, 1.54) is 16.5 Å². The van der Waals surface area contributed by atoms with E-state index < -0.39 is 21.8 Å². The average molecular weight is 478 g/mol. The molecule has 2 aliphatic rings. The fourth-order valence-electron chi connectivity index (χ4n) is 4.29. The summed E-state index contributed by atoms with van der Waals surface area (Å²) in [4.78, 5) is 29.1. The Morgan fingerprint density at radius 1 is 1.06 bits per heavy atom. The summed E-state index contributed by atoms with van der Waals surface area (Å²) in [6.07, 6.45) is 2.21. The van der Waals surface area contributed by atoms with E-state index >= 15 is 0 Å². The number of carbonyl (C=O) groups excluding carboxylic acids is 2. The van der Waals surface area contributed by atoms with Crippen LogP contribution in [0.25, 0.3) is 0 Å². The van der Waals surface area contributed by atoms with Crippen molar-refractivity contribution in [2.45, 2.75) is 30.2 Å². The highest BCUT2D eigenvalue weighted by Gasteiger charge is 2.42. The van der Waals surface area contributed by atoms with Crippen molar-refractivity contribution in [2.75, 3.05) is 26.7 Å². The Bertz CT molecular complexity index is 1160. The van der Waals surface area contributed by atoms with Gasteiger partial charge in [-0.25, -0.2) is 13.6 Å². The molecule has 0 unspecified atom stereocenters. The minimum Gasteiger partial charge on any atom is -0.497 e. The lowest BCUT2D eigenvalue weighted by Gasteiger charge is -2.35. The number of amides is 2. The maximum Gasteiger partial charge on any atom is 0.261 e. The topological polar surface area (TPSA) is 110 Å². The molecule has 2 N–H and O–H groups in total. The molecule has 2 aliphatic heterocycles. The molecule has 0 bridgehead atoms. The van der Waals surface area contributed by atoms with Gasteiger partial charge in [-0.3, -0.25) is 14.5 Å². The number of nitrogens with two attached hydrogens (primary N) is 1. The van der Waals surface area contributed by atoms with Gasteiger partial charge in [-0.15, -0.1) is 0 Å². The van der Waals surface area contributed by atoms with Crippen molar-refractivity contribution in [1.82, 2.24) is 9.80 Å². The first-order valence-electron chi connectivity index (χ1n) is 10.3. The van der Waals surface area contributed by atoms with Gasteiger partial charge in [0.1, 0.15) is 10.6 Å². The van der Waals surface area contributed by atoms with Crippen LogP contribution in [0.5, 0.6) is 5.75 Å². The zero-order chi connectivity index (χ0) is 23.0. The number of likely N-dealkylation sites (tertiary alicyclic amines) is 1. The summed E-state index contributed by atoms with van der Waals surface area (Å²) in [7, 11) is -2.47. The SMILES string of the molecule is COc1ccc(CCN2CCC(N3C(=O)c4cc(Cl)c(S(N)(=O)=O)cc4C3=O)CC2)cc1. The number of benzene rings is 2. The number of methoxy groups -OCH3 is 1. The van der Waals surface area contributed by atoms with Crippen LogP contribution in [0.2, 0.25) is 5.02 Å². The number of carbonyl (C=O) groups is 2. The van der Waals surface area contributed by atoms with Crippen molar-refractivity contribution in [1.29, 1.82) is 0 Å². The monoisotopic (exact) mass is 477 g/mol. The summed E-state index contributed by atoms with van der Waals surface area (Å²) in [5, 5.41) is 5.01. The number of imide groups is 1. The van der Waals surface area contributed by atoms with E-state index in [1.54, 1.807) is 7.11 Å². The number of halogens is 1. The third kappa shape index (κ3) is 4.38. The largest absolute Gasteiger partial charge is 0.497 e. The molecule has 0 aromatic heterocycles. The molecule has 0 spiro atoms. The van der Waals surface area contributed by atoms with E-state index in [0.717, 1.165) is 37.9 Å². The number of piperidine rings is 1. The Balaban J connectivity index is 1.40. The van der Waals surface area contributed by atoms with Crippen LogP contribution in [-0.2, 0) is 16.4 Å². The smallest absolute Gasteiger partial charge is 0.261 e. The number of primary sulfonamides is 1. The maximum absolute atomic E-state index is 12.9. The Labute approximate surface area is 191 Å². The number of rotatable bonds is 6. The minimum atomic E-state index is -4.11. The molecule has 0 radical (unpaired) electrons. The van der Waals surface area contributed by atoms with E-state index in [-0.39, 0.29) is 27.1 Å². The van der Waals surface area contributed by atoms with Crippen LogP contribution in [0, 0.1) is 0 Å². The predicted octanol–water partition coefficient (Wildman–Crippen LogP) is 2.30. The molecular weight excluding hydrogens is 454 g/mol. The lowest BCUT2D eigenvalue weighted by Crippen LogP contribution is -2.47. The van der Waals surface area contributed by atoms with Crippen molar-refractivity contribution >= 4 is 33.4 Å². The van der Waals surface area contributed by atoms with Crippen molar-refractivity contribution < 1.29 is 22.7 Å². The van der Waals surface area contributed by atoms with Crippen molar-refractivity contribution in [3.8, 4) is 5.75 Å². The Morgan fingerprint density at radius 2 is 1.66 bits per heavy atom. The first kappa shape index (κ1) is 22.7. The zero-order valence-electron chi connectivity index (χ0n) is 17.6. The zero-order valence-corrected chi connectivity index (χ0v) is 19.2. The number of ether oxygens (including phenoxy) is 1. The highest BCUT2D eigenvalue weighted by Crippen LogP contribution is 2.33. The second-order valence-corrected chi connectivity index (χ2v) is 9.96. The second-order valence-electron chi connectivity index (χ2n) is 8.02. The van der Waals surface area contributed by atoms with Crippen LogP contribution in [0.4, 0.5) is 0 Å². The molecular formula is C22H24ClN3O5S. The lowest BCUT2D eigenvalue weighted by molar-refractivity contribution is 0.0503. The third-order valence-electron chi connectivity index (χ3n) is 6.08. The van der Waals surface area contributed by atoms with Crippen LogP contribution in [-0.4, -0.2) is 62.8 Å². The van der Waals surface area contributed by atoms with Crippen LogP contribution in [0.1, 0.15) is 39.1 Å². The average Bonchev–Trinajstić information content (AvgIpc) is 3.01. The Kier molecular flexibility index (Phi) is 6.26. The fraction of sp³-hybridized carbons (Fsp3) is 0.364. The summed E-state index contributed by atoms with van der Waals surface area (Å²) in [5.41, 5.74) is 1.37. The van der Waals surface area contributed by atoms with Crippen molar-refractivity contribution in [3.63, 3.8) is 0 Å². The molecule has 2 aromatic rings. The van der Waals surface area contributed by atoms with Crippen molar-refractivity contribution in [3.05, 3.63) is 58.1 Å². The molecule has 1 fully saturated rings. The highest BCUT2D eigenvalue weighted by molar-refractivity contribution is 7.89. The fourth-order valence-corrected chi connectivity index (χ4v) is 5.39. The second kappa shape index (κ2) is 8.82. The highest BCUT2D eigenvalue weighted by atomic mass is 35.5. The summed E-state index contributed by atoms with van der Waals surface area (Å²) < 4.78 is 28.6. The molecule has 8 nitrogen and oxygen atoms in total. The third-order valence-corrected chi connectivity index (χ3v) is 7.45. The van der Waals surface area contributed by atoms with Crippen LogP contribution in [0.15, 0.2) is 41.3 Å². The van der Waals surface area contributed by atoms with Gasteiger partial charge in [-0.1, -0.05) is 23.7 Å². The Morgan fingerprint density at radius 3 is 2.22 bits per heavy atom. The minimum absolute atomic E-state index is 0.0327. The van der Waals surface area contributed by atoms with Crippen LogP contribution >= 0.6 is 11.6 Å². The van der Waals surface area contributed by atoms with Gasteiger partial charge in [0.25, 0.3) is 11.8 Å². The molecule has 1 saturated heterocycles. The maximum atomic E-state index is 12.9. The lowest BCUT2D eigenvalue weighted by atomic mass is 10.0. The van der Waals surface area contributed by atoms with Gasteiger partial charge < -0.3 is 9.64 Å². The number of sulfonamides is 1. The number of hydrogen-bond donors (Lipinski definition) is 1. The van der Waals surface area contributed by atoms with E-state index in [9.17, 15) is 18.0 Å². The molecule has 10 heteroatoms. The molecule has 32 heavy (non-hydrogen) atoms. The number of fused-ring (bicyclic) bond motifs is 1. The van der Waals surface area contributed by atoms with Gasteiger partial charge in [0.05, 0.1) is 23.3 Å². The standard InChI is InChI=1S/C22H24ClN3O5S/c1-31-16-4-2-14(3-5-16)6-9-25-10-7-15(8-11-25)26-21(27)17-12-19(23)20(32(24,29)30)13-18(17)22(26)28/h2-5,12-13,15H,6-11H2,1H3,(H2,24,29,30). The van der Waals surface area contributed by atoms with E-state index in [2.05, 4.69) is 4.90 Å². The summed E-state index contributed by atoms with van der Waals surface area (Å²) in [6, 6.07) is 10.1. The number of hydrogen-bond acceptors (Lipinski definition) is 6. The molecule has 0 aliphatic carbocycles. The van der Waals surface area contributed by atoms with Gasteiger partial charge in [0, 0.05) is 25.7 Å². The van der Waals surface area contributed by atoms with Gasteiger partial charge in [-0.2, -0.15) is 0 Å². The molecule has 0 atom stereocenters. The van der Waals surface area contributed by atoms with Crippen molar-refractivity contribution in [2.24, 2.45) is 5.14 Å². The quantitative estimate of drug-likeness (QED) is 0.639. The first-order valence-corrected chi connectivity index (χ1v) is 12.2. The van der Waals surface area contributed by atoms with Crippen LogP contribution < -0.4 is 9.88 Å². The predicted molar refractivity (Wildman–Crippen MR) is 119 cm³/mol.